The second kappa shape index (κ2) is 7.44. The van der Waals surface area contributed by atoms with Gasteiger partial charge >= 0.3 is 0 Å². The van der Waals surface area contributed by atoms with Crippen LogP contribution in [0, 0.1) is 17.2 Å². The van der Waals surface area contributed by atoms with E-state index in [4.69, 9.17) is 5.26 Å². The Labute approximate surface area is 124 Å². The van der Waals surface area contributed by atoms with Gasteiger partial charge in [-0.2, -0.15) is 5.26 Å². The minimum atomic E-state index is -0.147. The summed E-state index contributed by atoms with van der Waals surface area (Å²) in [5.41, 5.74) is 1.21. The van der Waals surface area contributed by atoms with Gasteiger partial charge in [0.15, 0.2) is 0 Å². The molecule has 21 heavy (non-hydrogen) atoms. The number of benzene rings is 1. The lowest BCUT2D eigenvalue weighted by molar-refractivity contribution is -0.124. The summed E-state index contributed by atoms with van der Waals surface area (Å²) in [4.78, 5) is 23.5. The molecule has 2 rings (SSSR count). The van der Waals surface area contributed by atoms with Crippen molar-refractivity contribution in [1.82, 2.24) is 5.32 Å². The topological polar surface area (TPSA) is 82.0 Å². The zero-order valence-corrected chi connectivity index (χ0v) is 11.9. The molecule has 5 nitrogen and oxygen atoms in total. The quantitative estimate of drug-likeness (QED) is 0.870. The number of carbonyl (C=O) groups excluding carboxylic acids is 2. The molecule has 0 heterocycles. The molecule has 1 fully saturated rings. The van der Waals surface area contributed by atoms with E-state index in [-0.39, 0.29) is 24.2 Å². The van der Waals surface area contributed by atoms with E-state index in [9.17, 15) is 9.59 Å². The van der Waals surface area contributed by atoms with E-state index in [1.54, 1.807) is 24.3 Å². The van der Waals surface area contributed by atoms with Gasteiger partial charge in [0.2, 0.25) is 11.8 Å². The zero-order valence-electron chi connectivity index (χ0n) is 11.9. The molecule has 0 radical (unpaired) electrons. The Kier molecular flexibility index (Phi) is 5.33. The fourth-order valence-electron chi connectivity index (χ4n) is 2.48. The summed E-state index contributed by atoms with van der Waals surface area (Å²) in [7, 11) is 0. The van der Waals surface area contributed by atoms with Gasteiger partial charge in [0.1, 0.15) is 0 Å². The standard InChI is InChI=1S/C16H19N3O2/c17-11-12-5-7-14(8-6-12)19-15(20)9-10-18-16(21)13-3-1-2-4-13/h5-8,13H,1-4,9-10H2,(H,18,21)(H,19,20). The molecule has 1 saturated carbocycles. The molecule has 1 aromatic rings. The van der Waals surface area contributed by atoms with E-state index >= 15 is 0 Å². The Balaban J connectivity index is 1.69. The third-order valence-electron chi connectivity index (χ3n) is 3.68. The largest absolute Gasteiger partial charge is 0.355 e. The van der Waals surface area contributed by atoms with Gasteiger partial charge in [-0.1, -0.05) is 12.8 Å². The van der Waals surface area contributed by atoms with Crippen LogP contribution in [0.3, 0.4) is 0 Å². The fraction of sp³-hybridized carbons (Fsp3) is 0.438. The molecule has 110 valence electrons. The zero-order chi connectivity index (χ0) is 15.1. The summed E-state index contributed by atoms with van der Waals surface area (Å²) in [5, 5.41) is 14.2. The van der Waals surface area contributed by atoms with Gasteiger partial charge in [-0.25, -0.2) is 0 Å². The van der Waals surface area contributed by atoms with Gasteiger partial charge in [-0.3, -0.25) is 9.59 Å². The van der Waals surface area contributed by atoms with Gasteiger partial charge in [-0.05, 0) is 37.1 Å². The van der Waals surface area contributed by atoms with Crippen molar-refractivity contribution >= 4 is 17.5 Å². The third-order valence-corrected chi connectivity index (χ3v) is 3.68. The molecule has 0 spiro atoms. The number of nitriles is 1. The molecule has 1 aliphatic rings. The molecule has 1 aromatic carbocycles. The monoisotopic (exact) mass is 285 g/mol. The lowest BCUT2D eigenvalue weighted by Crippen LogP contribution is -2.32. The number of hydrogen-bond donors (Lipinski definition) is 2. The van der Waals surface area contributed by atoms with Crippen LogP contribution in [0.25, 0.3) is 0 Å². The lowest BCUT2D eigenvalue weighted by atomic mass is 10.1. The summed E-state index contributed by atoms with van der Waals surface area (Å²) in [5.74, 6) is 0.0525. The first-order valence-corrected chi connectivity index (χ1v) is 7.27. The smallest absolute Gasteiger partial charge is 0.226 e. The van der Waals surface area contributed by atoms with Crippen molar-refractivity contribution in [3.05, 3.63) is 29.8 Å². The number of nitrogens with one attached hydrogen (secondary N) is 2. The first-order valence-electron chi connectivity index (χ1n) is 7.27. The molecule has 0 saturated heterocycles. The molecule has 1 aliphatic carbocycles. The Morgan fingerprint density at radius 3 is 2.48 bits per heavy atom. The number of rotatable bonds is 5. The second-order valence-electron chi connectivity index (χ2n) is 5.26. The maximum atomic E-state index is 11.8. The molecule has 0 bridgehead atoms. The average molecular weight is 285 g/mol. The highest BCUT2D eigenvalue weighted by molar-refractivity contribution is 5.91. The summed E-state index contributed by atoms with van der Waals surface area (Å²) >= 11 is 0. The molecular weight excluding hydrogens is 266 g/mol. The van der Waals surface area contributed by atoms with Crippen LogP contribution < -0.4 is 10.6 Å². The number of amides is 2. The van der Waals surface area contributed by atoms with Crippen LogP contribution in [-0.4, -0.2) is 18.4 Å². The predicted molar refractivity (Wildman–Crippen MR) is 79.4 cm³/mol. The molecule has 5 heteroatoms. The van der Waals surface area contributed by atoms with Crippen LogP contribution >= 0.6 is 0 Å². The maximum absolute atomic E-state index is 11.8. The van der Waals surface area contributed by atoms with Crippen LogP contribution in [0.2, 0.25) is 0 Å². The molecule has 0 atom stereocenters. The van der Waals surface area contributed by atoms with Crippen molar-refractivity contribution in [2.75, 3.05) is 11.9 Å². The summed E-state index contributed by atoms with van der Waals surface area (Å²) in [6.07, 6.45) is 4.42. The van der Waals surface area contributed by atoms with Gasteiger partial charge in [0.25, 0.3) is 0 Å². The molecular formula is C16H19N3O2. The average Bonchev–Trinajstić information content (AvgIpc) is 3.02. The Hall–Kier alpha value is -2.35. The number of carbonyl (C=O) groups is 2. The third kappa shape index (κ3) is 4.60. The van der Waals surface area contributed by atoms with Crippen LogP contribution in [-0.2, 0) is 9.59 Å². The first-order chi connectivity index (χ1) is 10.2. The highest BCUT2D eigenvalue weighted by Gasteiger charge is 2.22. The van der Waals surface area contributed by atoms with E-state index in [1.165, 1.54) is 0 Å². The Morgan fingerprint density at radius 2 is 1.86 bits per heavy atom. The van der Waals surface area contributed by atoms with Crippen LogP contribution in [0.15, 0.2) is 24.3 Å². The Bertz CT molecular complexity index is 540. The highest BCUT2D eigenvalue weighted by Crippen LogP contribution is 2.24. The summed E-state index contributed by atoms with van der Waals surface area (Å²) in [6.45, 7) is 0.359. The van der Waals surface area contributed by atoms with Crippen LogP contribution in [0.1, 0.15) is 37.7 Å². The fourth-order valence-corrected chi connectivity index (χ4v) is 2.48. The van der Waals surface area contributed by atoms with E-state index in [0.29, 0.717) is 17.8 Å². The number of anilines is 1. The van der Waals surface area contributed by atoms with E-state index < -0.39 is 0 Å². The van der Waals surface area contributed by atoms with Crippen molar-refractivity contribution in [2.45, 2.75) is 32.1 Å². The normalized spacial score (nSPS) is 14.4. The van der Waals surface area contributed by atoms with Crippen LogP contribution in [0.5, 0.6) is 0 Å². The molecule has 0 unspecified atom stereocenters. The number of nitrogens with zero attached hydrogens (tertiary/aromatic N) is 1. The SMILES string of the molecule is N#Cc1ccc(NC(=O)CCNC(=O)C2CCCC2)cc1. The summed E-state index contributed by atoms with van der Waals surface area (Å²) in [6, 6.07) is 8.70. The molecule has 0 aromatic heterocycles. The number of hydrogen-bond acceptors (Lipinski definition) is 3. The Morgan fingerprint density at radius 1 is 1.19 bits per heavy atom. The van der Waals surface area contributed by atoms with Crippen molar-refractivity contribution in [3.63, 3.8) is 0 Å². The minimum Gasteiger partial charge on any atom is -0.355 e. The van der Waals surface area contributed by atoms with Crippen LogP contribution in [0.4, 0.5) is 5.69 Å². The van der Waals surface area contributed by atoms with Crippen molar-refractivity contribution in [3.8, 4) is 6.07 Å². The first kappa shape index (κ1) is 15.0. The van der Waals surface area contributed by atoms with Gasteiger partial charge in [0, 0.05) is 24.6 Å². The summed E-state index contributed by atoms with van der Waals surface area (Å²) < 4.78 is 0. The van der Waals surface area contributed by atoms with Crippen molar-refractivity contribution < 1.29 is 9.59 Å². The van der Waals surface area contributed by atoms with Crippen molar-refractivity contribution in [1.29, 1.82) is 5.26 Å². The van der Waals surface area contributed by atoms with E-state index in [2.05, 4.69) is 10.6 Å². The van der Waals surface area contributed by atoms with Crippen molar-refractivity contribution in [2.24, 2.45) is 5.92 Å². The van der Waals surface area contributed by atoms with E-state index in [0.717, 1.165) is 25.7 Å². The minimum absolute atomic E-state index is 0.0682. The van der Waals surface area contributed by atoms with E-state index in [1.807, 2.05) is 6.07 Å². The lowest BCUT2D eigenvalue weighted by Gasteiger charge is -2.10. The van der Waals surface area contributed by atoms with Gasteiger partial charge in [-0.15, -0.1) is 0 Å². The van der Waals surface area contributed by atoms with Gasteiger partial charge in [0.05, 0.1) is 11.6 Å². The van der Waals surface area contributed by atoms with Gasteiger partial charge < -0.3 is 10.6 Å². The second-order valence-corrected chi connectivity index (χ2v) is 5.26. The predicted octanol–water partition coefficient (Wildman–Crippen LogP) is 2.19. The highest BCUT2D eigenvalue weighted by atomic mass is 16.2. The molecule has 0 aliphatic heterocycles. The molecule has 2 N–H and O–H groups in total. The maximum Gasteiger partial charge on any atom is 0.226 e. The molecule has 2 amide bonds.